The second-order valence-electron chi connectivity index (χ2n) is 5.37. The topological polar surface area (TPSA) is 85.4 Å². The molecule has 1 N–H and O–H groups in total. The number of benzene rings is 2. The van der Waals surface area contributed by atoms with Gasteiger partial charge >= 0.3 is 0 Å². The number of nitro groups is 1. The van der Waals surface area contributed by atoms with Crippen LogP contribution in [0.1, 0.15) is 16.1 Å². The molecule has 0 aliphatic rings. The summed E-state index contributed by atoms with van der Waals surface area (Å²) in [6, 6.07) is 14.5. The normalized spacial score (nSPS) is 10.5. The highest BCUT2D eigenvalue weighted by molar-refractivity contribution is 6.31. The number of nitrogens with one attached hydrogen (secondary N) is 1. The van der Waals surface area contributed by atoms with Crippen LogP contribution in [0.4, 0.5) is 5.69 Å². The number of carbonyl (C=O) groups is 1. The van der Waals surface area contributed by atoms with Gasteiger partial charge in [0.1, 0.15) is 17.1 Å². The lowest BCUT2D eigenvalue weighted by atomic mass is 10.1. The van der Waals surface area contributed by atoms with Gasteiger partial charge in [0.05, 0.1) is 11.5 Å². The maximum absolute atomic E-state index is 12.3. The number of hydrogen-bond acceptors (Lipinski definition) is 4. The Morgan fingerprint density at radius 1 is 1.04 bits per heavy atom. The molecule has 0 saturated carbocycles. The quantitative estimate of drug-likeness (QED) is 0.485. The first kappa shape index (κ1) is 18.0. The molecule has 3 rings (SSSR count). The smallest absolute Gasteiger partial charge is 0.283 e. The van der Waals surface area contributed by atoms with Crippen molar-refractivity contribution < 1.29 is 14.1 Å². The summed E-state index contributed by atoms with van der Waals surface area (Å²) in [5, 5.41) is 14.5. The first-order valence-corrected chi connectivity index (χ1v) is 8.26. The lowest BCUT2D eigenvalue weighted by molar-refractivity contribution is -0.385. The van der Waals surface area contributed by atoms with Crippen LogP contribution in [0.3, 0.4) is 0 Å². The molecule has 132 valence electrons. The Hall–Kier alpha value is -2.83. The van der Waals surface area contributed by atoms with Gasteiger partial charge in [-0.15, -0.1) is 0 Å². The van der Waals surface area contributed by atoms with Crippen molar-refractivity contribution in [3.63, 3.8) is 0 Å². The molecule has 0 aliphatic carbocycles. The molecule has 0 spiro atoms. The molecule has 0 fully saturated rings. The highest BCUT2D eigenvalue weighted by Crippen LogP contribution is 2.25. The van der Waals surface area contributed by atoms with Crippen molar-refractivity contribution in [2.24, 2.45) is 0 Å². The fourth-order valence-corrected chi connectivity index (χ4v) is 2.65. The number of amides is 1. The Bertz CT molecular complexity index is 968. The molecule has 0 bridgehead atoms. The van der Waals surface area contributed by atoms with Crippen molar-refractivity contribution in [1.82, 2.24) is 5.32 Å². The van der Waals surface area contributed by atoms with Gasteiger partial charge in [-0.25, -0.2) is 0 Å². The molecule has 1 amide bonds. The van der Waals surface area contributed by atoms with Gasteiger partial charge in [-0.2, -0.15) is 0 Å². The highest BCUT2D eigenvalue weighted by Gasteiger charge is 2.20. The number of rotatable bonds is 5. The van der Waals surface area contributed by atoms with Crippen LogP contribution in [0.15, 0.2) is 59.0 Å². The Kier molecular flexibility index (Phi) is 5.25. The van der Waals surface area contributed by atoms with E-state index in [-0.39, 0.29) is 22.8 Å². The maximum Gasteiger partial charge on any atom is 0.283 e. The van der Waals surface area contributed by atoms with Crippen molar-refractivity contribution in [3.8, 4) is 11.3 Å². The zero-order valence-electron chi connectivity index (χ0n) is 13.2. The van der Waals surface area contributed by atoms with Crippen LogP contribution in [0, 0.1) is 10.1 Å². The maximum atomic E-state index is 12.3. The molecule has 26 heavy (non-hydrogen) atoms. The van der Waals surface area contributed by atoms with E-state index in [4.69, 9.17) is 27.6 Å². The summed E-state index contributed by atoms with van der Waals surface area (Å²) >= 11 is 11.6. The first-order chi connectivity index (χ1) is 12.4. The van der Waals surface area contributed by atoms with E-state index in [2.05, 4.69) is 5.32 Å². The molecule has 8 heteroatoms. The Morgan fingerprint density at radius 2 is 1.73 bits per heavy atom. The average molecular weight is 391 g/mol. The monoisotopic (exact) mass is 390 g/mol. The van der Waals surface area contributed by atoms with Crippen LogP contribution in [0.2, 0.25) is 10.0 Å². The van der Waals surface area contributed by atoms with Gasteiger partial charge in [0, 0.05) is 21.7 Å². The van der Waals surface area contributed by atoms with Crippen LogP contribution in [-0.4, -0.2) is 10.8 Å². The van der Waals surface area contributed by atoms with E-state index in [1.807, 2.05) is 12.1 Å². The van der Waals surface area contributed by atoms with E-state index >= 15 is 0 Å². The summed E-state index contributed by atoms with van der Waals surface area (Å²) in [7, 11) is 0. The molecule has 3 aromatic rings. The summed E-state index contributed by atoms with van der Waals surface area (Å²) in [5.74, 6) is 0.557. The largest absolute Gasteiger partial charge is 0.459 e. The molecule has 0 atom stereocenters. The predicted octanol–water partition coefficient (Wildman–Crippen LogP) is 5.09. The minimum atomic E-state index is -0.647. The van der Waals surface area contributed by atoms with Crippen LogP contribution >= 0.6 is 23.2 Å². The minimum Gasteiger partial charge on any atom is -0.459 e. The first-order valence-electron chi connectivity index (χ1n) is 7.51. The fourth-order valence-electron chi connectivity index (χ4n) is 2.35. The van der Waals surface area contributed by atoms with Gasteiger partial charge in [0.15, 0.2) is 0 Å². The number of halogens is 2. The molecule has 0 unspecified atom stereocenters. The van der Waals surface area contributed by atoms with Gasteiger partial charge in [0.25, 0.3) is 11.6 Å². The summed E-state index contributed by atoms with van der Waals surface area (Å²) in [5.41, 5.74) is 0.431. The zero-order valence-corrected chi connectivity index (χ0v) is 14.8. The van der Waals surface area contributed by atoms with Crippen molar-refractivity contribution >= 4 is 34.8 Å². The third-order valence-corrected chi connectivity index (χ3v) is 4.10. The lowest BCUT2D eigenvalue weighted by Crippen LogP contribution is -2.23. The van der Waals surface area contributed by atoms with Gasteiger partial charge in [0.2, 0.25) is 0 Å². The van der Waals surface area contributed by atoms with E-state index in [0.29, 0.717) is 16.5 Å². The SMILES string of the molecule is O=C(NCc1ccc(-c2ccc(Cl)cc2)o1)c1ccc(Cl)cc1[N+](=O)[O-]. The number of furan rings is 1. The second kappa shape index (κ2) is 7.59. The van der Waals surface area contributed by atoms with Crippen molar-refractivity contribution in [2.45, 2.75) is 6.54 Å². The van der Waals surface area contributed by atoms with Crippen LogP contribution in [-0.2, 0) is 6.54 Å². The molecule has 2 aromatic carbocycles. The standard InChI is InChI=1S/C18H12Cl2N2O4/c19-12-3-1-11(2-4-12)17-8-6-14(26-17)10-21-18(23)15-7-5-13(20)9-16(15)22(24)25/h1-9H,10H2,(H,21,23). The lowest BCUT2D eigenvalue weighted by Gasteiger charge is -2.05. The molecular weight excluding hydrogens is 379 g/mol. The van der Waals surface area contributed by atoms with Crippen molar-refractivity contribution in [1.29, 1.82) is 0 Å². The van der Waals surface area contributed by atoms with E-state index in [0.717, 1.165) is 11.6 Å². The number of hydrogen-bond donors (Lipinski definition) is 1. The van der Waals surface area contributed by atoms with Gasteiger partial charge in [-0.05, 0) is 48.5 Å². The van der Waals surface area contributed by atoms with Crippen molar-refractivity contribution in [2.75, 3.05) is 0 Å². The van der Waals surface area contributed by atoms with Crippen LogP contribution in [0.5, 0.6) is 0 Å². The third kappa shape index (κ3) is 4.04. The molecule has 0 saturated heterocycles. The Morgan fingerprint density at radius 3 is 2.42 bits per heavy atom. The molecule has 1 heterocycles. The second-order valence-corrected chi connectivity index (χ2v) is 6.25. The molecule has 0 aliphatic heterocycles. The minimum absolute atomic E-state index is 0.0659. The van der Waals surface area contributed by atoms with Gasteiger partial charge in [-0.1, -0.05) is 23.2 Å². The Balaban J connectivity index is 1.71. The highest BCUT2D eigenvalue weighted by atomic mass is 35.5. The number of carbonyl (C=O) groups excluding carboxylic acids is 1. The van der Waals surface area contributed by atoms with E-state index in [9.17, 15) is 14.9 Å². The summed E-state index contributed by atoms with van der Waals surface area (Å²) in [6.45, 7) is 0.0895. The number of nitrogens with zero attached hydrogens (tertiary/aromatic N) is 1. The fraction of sp³-hybridized carbons (Fsp3) is 0.0556. The summed E-state index contributed by atoms with van der Waals surface area (Å²) < 4.78 is 5.68. The molecule has 0 radical (unpaired) electrons. The predicted molar refractivity (Wildman–Crippen MR) is 98.4 cm³/mol. The van der Waals surface area contributed by atoms with E-state index < -0.39 is 10.8 Å². The Labute approximate surface area is 158 Å². The van der Waals surface area contributed by atoms with Crippen molar-refractivity contribution in [3.05, 3.63) is 86.1 Å². The average Bonchev–Trinajstić information content (AvgIpc) is 3.09. The summed E-state index contributed by atoms with van der Waals surface area (Å²) in [4.78, 5) is 22.7. The third-order valence-electron chi connectivity index (χ3n) is 3.61. The molecule has 1 aromatic heterocycles. The van der Waals surface area contributed by atoms with Gasteiger partial charge in [-0.3, -0.25) is 14.9 Å². The number of nitro benzene ring substituents is 1. The van der Waals surface area contributed by atoms with Crippen LogP contribution < -0.4 is 5.32 Å². The molecular formula is C18H12Cl2N2O4. The van der Waals surface area contributed by atoms with Gasteiger partial charge < -0.3 is 9.73 Å². The molecule has 6 nitrogen and oxygen atoms in total. The summed E-state index contributed by atoms with van der Waals surface area (Å²) in [6.07, 6.45) is 0. The zero-order chi connectivity index (χ0) is 18.7. The van der Waals surface area contributed by atoms with Crippen LogP contribution in [0.25, 0.3) is 11.3 Å². The van der Waals surface area contributed by atoms with E-state index in [1.165, 1.54) is 12.1 Å². The van der Waals surface area contributed by atoms with E-state index in [1.54, 1.807) is 24.3 Å².